The predicted octanol–water partition coefficient (Wildman–Crippen LogP) is 0.349. The molecule has 1 aliphatic rings. The highest BCUT2D eigenvalue weighted by Crippen LogP contribution is 2.21. The zero-order valence-corrected chi connectivity index (χ0v) is 6.79. The molecule has 0 heterocycles. The van der Waals surface area contributed by atoms with Crippen molar-refractivity contribution in [3.63, 3.8) is 0 Å². The standard InChI is InChI=1S/C8H17NO2/c9-8(11)5-3-1-2-4-7(10)6-8/h7,10-11H,1-6,9H2. The highest BCUT2D eigenvalue weighted by molar-refractivity contribution is 4.77. The van der Waals surface area contributed by atoms with Crippen molar-refractivity contribution in [1.82, 2.24) is 0 Å². The zero-order chi connectivity index (χ0) is 8.32. The van der Waals surface area contributed by atoms with Gasteiger partial charge in [-0.3, -0.25) is 0 Å². The Balaban J connectivity index is 2.42. The van der Waals surface area contributed by atoms with Crippen LogP contribution < -0.4 is 5.73 Å². The summed E-state index contributed by atoms with van der Waals surface area (Å²) in [7, 11) is 0. The summed E-state index contributed by atoms with van der Waals surface area (Å²) in [6.07, 6.45) is 4.40. The molecule has 0 aromatic heterocycles. The van der Waals surface area contributed by atoms with Crippen LogP contribution in [0, 0.1) is 0 Å². The fraction of sp³-hybridized carbons (Fsp3) is 1.00. The minimum Gasteiger partial charge on any atom is -0.393 e. The predicted molar refractivity (Wildman–Crippen MR) is 42.8 cm³/mol. The van der Waals surface area contributed by atoms with Gasteiger partial charge in [0.15, 0.2) is 0 Å². The second-order valence-electron chi connectivity index (χ2n) is 3.56. The number of hydrogen-bond acceptors (Lipinski definition) is 3. The van der Waals surface area contributed by atoms with Crippen molar-refractivity contribution < 1.29 is 10.2 Å². The van der Waals surface area contributed by atoms with Gasteiger partial charge in [-0.25, -0.2) is 0 Å². The Hall–Kier alpha value is -0.120. The number of rotatable bonds is 0. The van der Waals surface area contributed by atoms with Gasteiger partial charge in [0.1, 0.15) is 5.72 Å². The zero-order valence-electron chi connectivity index (χ0n) is 6.79. The van der Waals surface area contributed by atoms with E-state index < -0.39 is 11.8 Å². The van der Waals surface area contributed by atoms with Crippen LogP contribution in [0.3, 0.4) is 0 Å². The van der Waals surface area contributed by atoms with Gasteiger partial charge >= 0.3 is 0 Å². The second-order valence-corrected chi connectivity index (χ2v) is 3.56. The van der Waals surface area contributed by atoms with E-state index in [1.54, 1.807) is 0 Å². The average Bonchev–Trinajstić information content (AvgIpc) is 1.82. The highest BCUT2D eigenvalue weighted by Gasteiger charge is 2.25. The summed E-state index contributed by atoms with van der Waals surface area (Å²) in [4.78, 5) is 0. The maximum atomic E-state index is 9.47. The van der Waals surface area contributed by atoms with Crippen molar-refractivity contribution in [2.75, 3.05) is 0 Å². The summed E-state index contributed by atoms with van der Waals surface area (Å²) >= 11 is 0. The first kappa shape index (κ1) is 8.97. The summed E-state index contributed by atoms with van der Waals surface area (Å²) in [6, 6.07) is 0. The number of hydrogen-bond donors (Lipinski definition) is 3. The molecule has 0 bridgehead atoms. The largest absolute Gasteiger partial charge is 0.393 e. The lowest BCUT2D eigenvalue weighted by Crippen LogP contribution is -2.43. The minimum absolute atomic E-state index is 0.326. The van der Waals surface area contributed by atoms with Crippen LogP contribution in [0.15, 0.2) is 0 Å². The molecule has 1 rings (SSSR count). The molecular formula is C8H17NO2. The van der Waals surface area contributed by atoms with E-state index >= 15 is 0 Å². The van der Waals surface area contributed by atoms with Crippen LogP contribution in [-0.2, 0) is 0 Å². The summed E-state index contributed by atoms with van der Waals surface area (Å²) in [5.74, 6) is 0. The second kappa shape index (κ2) is 3.52. The summed E-state index contributed by atoms with van der Waals surface area (Å²) in [6.45, 7) is 0. The lowest BCUT2D eigenvalue weighted by molar-refractivity contribution is -0.0227. The first-order valence-electron chi connectivity index (χ1n) is 4.29. The molecule has 1 aliphatic carbocycles. The topological polar surface area (TPSA) is 66.5 Å². The molecular weight excluding hydrogens is 142 g/mol. The van der Waals surface area contributed by atoms with Gasteiger partial charge in [-0.1, -0.05) is 12.8 Å². The fourth-order valence-corrected chi connectivity index (χ4v) is 1.60. The molecule has 2 unspecified atom stereocenters. The maximum Gasteiger partial charge on any atom is 0.116 e. The van der Waals surface area contributed by atoms with Crippen molar-refractivity contribution in [3.8, 4) is 0 Å². The first-order valence-corrected chi connectivity index (χ1v) is 4.29. The molecule has 0 amide bonds. The Kier molecular flexibility index (Phi) is 2.87. The van der Waals surface area contributed by atoms with Crippen LogP contribution >= 0.6 is 0 Å². The monoisotopic (exact) mass is 159 g/mol. The Morgan fingerprint density at radius 2 is 2.00 bits per heavy atom. The molecule has 66 valence electrons. The summed E-state index contributed by atoms with van der Waals surface area (Å²) in [5, 5.41) is 18.8. The van der Waals surface area contributed by atoms with E-state index in [1.165, 1.54) is 0 Å². The molecule has 4 N–H and O–H groups in total. The quantitative estimate of drug-likeness (QED) is 0.447. The number of nitrogens with two attached hydrogens (primary N) is 1. The van der Waals surface area contributed by atoms with Gasteiger partial charge in [0, 0.05) is 6.42 Å². The average molecular weight is 159 g/mol. The van der Waals surface area contributed by atoms with E-state index in [4.69, 9.17) is 5.73 Å². The third-order valence-electron chi connectivity index (χ3n) is 2.24. The molecule has 0 aromatic carbocycles. The smallest absolute Gasteiger partial charge is 0.116 e. The third-order valence-corrected chi connectivity index (χ3v) is 2.24. The van der Waals surface area contributed by atoms with Crippen molar-refractivity contribution in [2.24, 2.45) is 5.73 Å². The lowest BCUT2D eigenvalue weighted by Gasteiger charge is -2.28. The molecule has 0 aromatic rings. The molecule has 0 saturated heterocycles. The molecule has 1 saturated carbocycles. The van der Waals surface area contributed by atoms with Gasteiger partial charge in [-0.2, -0.15) is 0 Å². The fourth-order valence-electron chi connectivity index (χ4n) is 1.60. The van der Waals surface area contributed by atoms with Crippen molar-refractivity contribution >= 4 is 0 Å². The highest BCUT2D eigenvalue weighted by atomic mass is 16.3. The van der Waals surface area contributed by atoms with Crippen molar-refractivity contribution in [2.45, 2.75) is 50.4 Å². The lowest BCUT2D eigenvalue weighted by atomic mass is 9.92. The molecule has 3 nitrogen and oxygen atoms in total. The van der Waals surface area contributed by atoms with E-state index in [1.807, 2.05) is 0 Å². The van der Waals surface area contributed by atoms with E-state index in [0.29, 0.717) is 12.8 Å². The van der Waals surface area contributed by atoms with E-state index in [2.05, 4.69) is 0 Å². The van der Waals surface area contributed by atoms with Gasteiger partial charge in [0.25, 0.3) is 0 Å². The summed E-state index contributed by atoms with van der Waals surface area (Å²) < 4.78 is 0. The molecule has 0 aliphatic heterocycles. The van der Waals surface area contributed by atoms with Crippen molar-refractivity contribution in [3.05, 3.63) is 0 Å². The number of aliphatic hydroxyl groups excluding tert-OH is 1. The molecule has 2 atom stereocenters. The molecule has 1 fully saturated rings. The Morgan fingerprint density at radius 3 is 2.73 bits per heavy atom. The summed E-state index contributed by atoms with van der Waals surface area (Å²) in [5.41, 5.74) is 4.41. The normalized spacial score (nSPS) is 41.2. The third kappa shape index (κ3) is 3.18. The maximum absolute atomic E-state index is 9.47. The van der Waals surface area contributed by atoms with Gasteiger partial charge in [0.05, 0.1) is 6.10 Å². The molecule has 11 heavy (non-hydrogen) atoms. The molecule has 0 radical (unpaired) electrons. The molecule has 0 spiro atoms. The Morgan fingerprint density at radius 1 is 1.27 bits per heavy atom. The van der Waals surface area contributed by atoms with E-state index in [-0.39, 0.29) is 0 Å². The van der Waals surface area contributed by atoms with Crippen LogP contribution in [0.4, 0.5) is 0 Å². The van der Waals surface area contributed by atoms with Crippen LogP contribution in [-0.4, -0.2) is 22.0 Å². The van der Waals surface area contributed by atoms with Crippen LogP contribution in [0.25, 0.3) is 0 Å². The molecule has 3 heteroatoms. The van der Waals surface area contributed by atoms with Crippen LogP contribution in [0.1, 0.15) is 38.5 Å². The first-order chi connectivity index (χ1) is 5.10. The van der Waals surface area contributed by atoms with Crippen LogP contribution in [0.2, 0.25) is 0 Å². The number of aliphatic hydroxyl groups is 2. The van der Waals surface area contributed by atoms with Gasteiger partial charge in [0.2, 0.25) is 0 Å². The Bertz CT molecular complexity index is 125. The van der Waals surface area contributed by atoms with Crippen molar-refractivity contribution in [1.29, 1.82) is 0 Å². The SMILES string of the molecule is NC1(O)CCCCCC(O)C1. The van der Waals surface area contributed by atoms with E-state index in [9.17, 15) is 10.2 Å². The van der Waals surface area contributed by atoms with E-state index in [0.717, 1.165) is 25.7 Å². The van der Waals surface area contributed by atoms with Gasteiger partial charge < -0.3 is 15.9 Å². The van der Waals surface area contributed by atoms with Gasteiger partial charge in [-0.05, 0) is 19.3 Å². The van der Waals surface area contributed by atoms with Crippen LogP contribution in [0.5, 0.6) is 0 Å². The minimum atomic E-state index is -1.13. The van der Waals surface area contributed by atoms with Gasteiger partial charge in [-0.15, -0.1) is 0 Å². The Labute approximate surface area is 67.2 Å².